The molecule has 6 rings (SSSR count). The first kappa shape index (κ1) is 27.4. The molecule has 6 aromatic rings. The Balaban J connectivity index is 1.43. The maximum atomic E-state index is 14.3. The normalized spacial score (nSPS) is 11.7. The molecule has 0 aliphatic carbocycles. The van der Waals surface area contributed by atoms with E-state index < -0.39 is 69.3 Å². The monoisotopic (exact) mass is 632 g/mol. The molecule has 0 atom stereocenters. The number of fused-ring (bicyclic) bond motifs is 1. The highest BCUT2D eigenvalue weighted by atomic mass is 32.1. The first-order chi connectivity index (χ1) is 19.5. The van der Waals surface area contributed by atoms with Crippen molar-refractivity contribution < 1.29 is 43.9 Å². The number of hydrogen-bond acceptors (Lipinski definition) is 5. The number of aromatic nitrogens is 2. The highest BCUT2D eigenvalue weighted by molar-refractivity contribution is 7.19. The summed E-state index contributed by atoms with van der Waals surface area (Å²) in [6.45, 7) is 0. The van der Waals surface area contributed by atoms with Gasteiger partial charge >= 0.3 is 0 Å². The summed E-state index contributed by atoms with van der Waals surface area (Å²) in [4.78, 5) is 0.223. The van der Waals surface area contributed by atoms with Crippen LogP contribution in [-0.2, 0) is 0 Å². The van der Waals surface area contributed by atoms with Crippen molar-refractivity contribution in [3.8, 4) is 41.8 Å². The van der Waals surface area contributed by atoms with Crippen LogP contribution in [0, 0.1) is 58.2 Å². The Morgan fingerprint density at radius 1 is 0.366 bits per heavy atom. The van der Waals surface area contributed by atoms with Crippen molar-refractivity contribution in [1.82, 2.24) is 8.75 Å². The van der Waals surface area contributed by atoms with Gasteiger partial charge in [-0.05, 0) is 24.3 Å². The van der Waals surface area contributed by atoms with Gasteiger partial charge in [0.1, 0.15) is 11.0 Å². The zero-order valence-corrected chi connectivity index (χ0v) is 21.8. The molecule has 0 N–H and O–H groups in total. The van der Waals surface area contributed by atoms with E-state index in [0.29, 0.717) is 20.9 Å². The SMILES string of the molecule is Fc1c(F)c(F)c(-c2ccc(-c3ccc(-c4ccc(-c5c(F)c(F)c(F)c(F)c5F)s4)c4nsnc34)s2)c(F)c1F. The lowest BCUT2D eigenvalue weighted by Crippen LogP contribution is -2.03. The van der Waals surface area contributed by atoms with E-state index in [1.807, 2.05) is 0 Å². The average Bonchev–Trinajstić information content (AvgIpc) is 3.74. The lowest BCUT2D eigenvalue weighted by Gasteiger charge is -2.07. The van der Waals surface area contributed by atoms with Gasteiger partial charge in [0.15, 0.2) is 46.5 Å². The third-order valence-corrected chi connectivity index (χ3v) is 8.87. The standard InChI is InChI=1S/C26H6F10N2S3/c27-15-13(16(28)20(32)23(35)19(15)31)11-5-3-9(39-11)7-1-2-8(26-25(7)37-41-38-26)10-4-6-12(40-10)14-17(29)21(33)24(36)22(34)18(14)30/h1-6H. The maximum Gasteiger partial charge on any atom is 0.200 e. The fourth-order valence-corrected chi connectivity index (χ4v) is 6.84. The van der Waals surface area contributed by atoms with Gasteiger partial charge in [-0.3, -0.25) is 0 Å². The second kappa shape index (κ2) is 9.92. The van der Waals surface area contributed by atoms with Crippen molar-refractivity contribution in [2.24, 2.45) is 0 Å². The zero-order chi connectivity index (χ0) is 29.3. The zero-order valence-electron chi connectivity index (χ0n) is 19.4. The molecule has 3 aromatic heterocycles. The van der Waals surface area contributed by atoms with Gasteiger partial charge in [0, 0.05) is 30.6 Å². The molecule has 0 unspecified atom stereocenters. The summed E-state index contributed by atoms with van der Waals surface area (Å²) >= 11 is 2.26. The van der Waals surface area contributed by atoms with E-state index in [2.05, 4.69) is 8.75 Å². The van der Waals surface area contributed by atoms with Crippen LogP contribution in [0.3, 0.4) is 0 Å². The molecular formula is C26H6F10N2S3. The number of nitrogens with zero attached hydrogens (tertiary/aromatic N) is 2. The lowest BCUT2D eigenvalue weighted by atomic mass is 10.1. The van der Waals surface area contributed by atoms with Crippen molar-refractivity contribution in [2.75, 3.05) is 0 Å². The Morgan fingerprint density at radius 3 is 1.00 bits per heavy atom. The van der Waals surface area contributed by atoms with E-state index in [1.165, 1.54) is 36.4 Å². The number of rotatable bonds is 4. The molecule has 3 aromatic carbocycles. The van der Waals surface area contributed by atoms with Gasteiger partial charge < -0.3 is 0 Å². The van der Waals surface area contributed by atoms with Gasteiger partial charge in [0.05, 0.1) is 22.9 Å². The summed E-state index contributed by atoms with van der Waals surface area (Å²) < 4.78 is 148. The van der Waals surface area contributed by atoms with E-state index in [-0.39, 0.29) is 20.8 Å². The molecular weight excluding hydrogens is 626 g/mol. The third-order valence-electron chi connectivity index (χ3n) is 6.07. The van der Waals surface area contributed by atoms with Crippen molar-refractivity contribution in [3.05, 3.63) is 94.6 Å². The highest BCUT2D eigenvalue weighted by Gasteiger charge is 2.29. The summed E-state index contributed by atoms with van der Waals surface area (Å²) in [7, 11) is 0. The molecule has 0 saturated heterocycles. The van der Waals surface area contributed by atoms with Crippen molar-refractivity contribution in [2.45, 2.75) is 0 Å². The first-order valence-corrected chi connectivity index (χ1v) is 13.4. The molecule has 3 heterocycles. The minimum Gasteiger partial charge on any atom is -0.203 e. The average molecular weight is 633 g/mol. The van der Waals surface area contributed by atoms with E-state index in [1.54, 1.807) is 0 Å². The largest absolute Gasteiger partial charge is 0.203 e. The highest BCUT2D eigenvalue weighted by Crippen LogP contribution is 2.44. The third kappa shape index (κ3) is 4.13. The summed E-state index contributed by atoms with van der Waals surface area (Å²) in [6, 6.07) is 8.24. The van der Waals surface area contributed by atoms with Crippen molar-refractivity contribution in [1.29, 1.82) is 0 Å². The van der Waals surface area contributed by atoms with E-state index in [9.17, 15) is 43.9 Å². The molecule has 208 valence electrons. The molecule has 15 heteroatoms. The molecule has 2 nitrogen and oxygen atoms in total. The van der Waals surface area contributed by atoms with Crippen LogP contribution in [0.2, 0.25) is 0 Å². The number of hydrogen-bond donors (Lipinski definition) is 0. The second-order valence-corrected chi connectivity index (χ2v) is 11.0. The van der Waals surface area contributed by atoms with Gasteiger partial charge in [0.25, 0.3) is 0 Å². The van der Waals surface area contributed by atoms with E-state index >= 15 is 0 Å². The molecule has 0 radical (unpaired) electrons. The van der Waals surface area contributed by atoms with Crippen LogP contribution in [0.1, 0.15) is 0 Å². The Labute approximate surface area is 234 Å². The van der Waals surface area contributed by atoms with Crippen LogP contribution in [0.5, 0.6) is 0 Å². The molecule has 0 saturated carbocycles. The predicted octanol–water partition coefficient (Wildman–Crippen LogP) is 9.87. The molecule has 41 heavy (non-hydrogen) atoms. The minimum absolute atomic E-state index is 0.237. The quantitative estimate of drug-likeness (QED) is 0.110. The molecule has 0 bridgehead atoms. The summed E-state index contributed by atoms with van der Waals surface area (Å²) in [5, 5.41) is 0. The van der Waals surface area contributed by atoms with Crippen molar-refractivity contribution >= 4 is 45.4 Å². The summed E-state index contributed by atoms with van der Waals surface area (Å²) in [6.07, 6.45) is 0. The van der Waals surface area contributed by atoms with Crippen LogP contribution in [0.15, 0.2) is 36.4 Å². The Kier molecular flexibility index (Phi) is 6.62. The van der Waals surface area contributed by atoms with Crippen LogP contribution in [-0.4, -0.2) is 8.75 Å². The van der Waals surface area contributed by atoms with Crippen LogP contribution >= 0.6 is 34.4 Å². The van der Waals surface area contributed by atoms with Gasteiger partial charge in [-0.1, -0.05) is 12.1 Å². The van der Waals surface area contributed by atoms with Gasteiger partial charge in [0.2, 0.25) is 11.6 Å². The first-order valence-electron chi connectivity index (χ1n) is 11.0. The predicted molar refractivity (Wildman–Crippen MR) is 134 cm³/mol. The molecule has 0 aliphatic heterocycles. The molecule has 0 spiro atoms. The molecule has 0 fully saturated rings. The number of thiophene rings is 2. The Bertz CT molecular complexity index is 1830. The Morgan fingerprint density at radius 2 is 0.659 bits per heavy atom. The van der Waals surface area contributed by atoms with E-state index in [4.69, 9.17) is 0 Å². The van der Waals surface area contributed by atoms with Crippen LogP contribution < -0.4 is 0 Å². The van der Waals surface area contributed by atoms with Crippen molar-refractivity contribution in [3.63, 3.8) is 0 Å². The molecule has 0 aliphatic rings. The number of halogens is 10. The summed E-state index contributed by atoms with van der Waals surface area (Å²) in [5.41, 5.74) is -0.806. The van der Waals surface area contributed by atoms with Crippen LogP contribution in [0.25, 0.3) is 52.8 Å². The Hall–Kier alpha value is -3.82. The number of benzene rings is 3. The van der Waals surface area contributed by atoms with Gasteiger partial charge in [-0.25, -0.2) is 43.9 Å². The van der Waals surface area contributed by atoms with Crippen LogP contribution in [0.4, 0.5) is 43.9 Å². The summed E-state index contributed by atoms with van der Waals surface area (Å²) in [5.74, 6) is -20.8. The topological polar surface area (TPSA) is 25.8 Å². The molecule has 0 amide bonds. The fraction of sp³-hybridized carbons (Fsp3) is 0. The van der Waals surface area contributed by atoms with E-state index in [0.717, 1.165) is 34.4 Å². The van der Waals surface area contributed by atoms with Gasteiger partial charge in [-0.15, -0.1) is 22.7 Å². The minimum atomic E-state index is -2.27. The second-order valence-electron chi connectivity index (χ2n) is 8.34. The van der Waals surface area contributed by atoms with Gasteiger partial charge in [-0.2, -0.15) is 8.75 Å². The fourth-order valence-electron chi connectivity index (χ4n) is 4.14. The smallest absolute Gasteiger partial charge is 0.200 e. The lowest BCUT2D eigenvalue weighted by molar-refractivity contribution is 0.381. The maximum absolute atomic E-state index is 14.3.